The van der Waals surface area contributed by atoms with E-state index in [-0.39, 0.29) is 11.7 Å². The third kappa shape index (κ3) is 3.87. The third-order valence-corrected chi connectivity index (χ3v) is 4.48. The molecule has 0 unspecified atom stereocenters. The molecule has 0 aromatic rings. The van der Waals surface area contributed by atoms with E-state index < -0.39 is 10.0 Å². The molecule has 4 nitrogen and oxygen atoms in total. The van der Waals surface area contributed by atoms with E-state index in [0.29, 0.717) is 25.4 Å². The maximum absolute atomic E-state index is 11.6. The molecule has 0 radical (unpaired) electrons. The molecule has 0 aromatic carbocycles. The number of ketones is 1. The molecule has 0 N–H and O–H groups in total. The molecule has 0 spiro atoms. The number of rotatable bonds is 4. The van der Waals surface area contributed by atoms with Crippen LogP contribution in [0.3, 0.4) is 0 Å². The topological polar surface area (TPSA) is 54.5 Å². The Bertz CT molecular complexity index is 340. The van der Waals surface area contributed by atoms with E-state index in [1.165, 1.54) is 10.6 Å². The lowest BCUT2D eigenvalue weighted by Crippen LogP contribution is -2.38. The number of nitrogens with zero attached hydrogens (tertiary/aromatic N) is 1. The Kier molecular flexibility index (Phi) is 4.50. The Morgan fingerprint density at radius 2 is 1.81 bits per heavy atom. The van der Waals surface area contributed by atoms with Crippen LogP contribution in [0.5, 0.6) is 0 Å². The van der Waals surface area contributed by atoms with Crippen molar-refractivity contribution in [3.63, 3.8) is 0 Å². The molecule has 16 heavy (non-hydrogen) atoms. The Labute approximate surface area is 98.1 Å². The Hall–Kier alpha value is -0.420. The first-order valence-corrected chi connectivity index (χ1v) is 7.63. The summed E-state index contributed by atoms with van der Waals surface area (Å²) >= 11 is 0. The predicted octanol–water partition coefficient (Wildman–Crippen LogP) is 1.27. The van der Waals surface area contributed by atoms with Crippen LogP contribution in [-0.2, 0) is 14.8 Å². The van der Waals surface area contributed by atoms with Gasteiger partial charge in [-0.15, -0.1) is 0 Å². The van der Waals surface area contributed by atoms with Crippen molar-refractivity contribution in [3.8, 4) is 0 Å². The molecule has 1 aliphatic rings. The molecule has 1 saturated heterocycles. The number of Topliss-reactive ketones (excluding diaryl/α,β-unsaturated/α-hetero) is 1. The van der Waals surface area contributed by atoms with Crippen LogP contribution >= 0.6 is 0 Å². The van der Waals surface area contributed by atoms with Crippen molar-refractivity contribution in [2.45, 2.75) is 33.1 Å². The van der Waals surface area contributed by atoms with E-state index >= 15 is 0 Å². The van der Waals surface area contributed by atoms with Crippen molar-refractivity contribution in [1.29, 1.82) is 0 Å². The van der Waals surface area contributed by atoms with Gasteiger partial charge < -0.3 is 0 Å². The minimum Gasteiger partial charge on any atom is -0.299 e. The monoisotopic (exact) mass is 247 g/mol. The first-order valence-electron chi connectivity index (χ1n) is 5.78. The molecule has 0 aliphatic carbocycles. The smallest absolute Gasteiger partial charge is 0.211 e. The van der Waals surface area contributed by atoms with E-state index in [9.17, 15) is 13.2 Å². The van der Waals surface area contributed by atoms with Gasteiger partial charge in [0.1, 0.15) is 5.78 Å². The highest BCUT2D eigenvalue weighted by Crippen LogP contribution is 2.23. The van der Waals surface area contributed by atoms with Gasteiger partial charge in [0.05, 0.1) is 6.26 Å². The number of carbonyl (C=O) groups is 1. The van der Waals surface area contributed by atoms with Gasteiger partial charge in [-0.3, -0.25) is 4.79 Å². The maximum atomic E-state index is 11.6. The normalized spacial score (nSPS) is 20.2. The minimum absolute atomic E-state index is 0.0907. The first kappa shape index (κ1) is 13.6. The van der Waals surface area contributed by atoms with Crippen LogP contribution in [0.1, 0.15) is 33.1 Å². The lowest BCUT2D eigenvalue weighted by atomic mass is 9.89. The highest BCUT2D eigenvalue weighted by molar-refractivity contribution is 7.88. The summed E-state index contributed by atoms with van der Waals surface area (Å²) in [4.78, 5) is 11.6. The predicted molar refractivity (Wildman–Crippen MR) is 63.6 cm³/mol. The number of piperidine rings is 1. The number of carbonyl (C=O) groups excluding carboxylic acids is 1. The molecule has 94 valence electrons. The zero-order valence-electron chi connectivity index (χ0n) is 10.3. The fraction of sp³-hybridized carbons (Fsp3) is 0.909. The van der Waals surface area contributed by atoms with Crippen LogP contribution in [-0.4, -0.2) is 37.9 Å². The van der Waals surface area contributed by atoms with Gasteiger partial charge in [-0.1, -0.05) is 13.8 Å². The number of hydrogen-bond donors (Lipinski definition) is 0. The minimum atomic E-state index is -3.05. The van der Waals surface area contributed by atoms with Crippen LogP contribution in [0.4, 0.5) is 0 Å². The van der Waals surface area contributed by atoms with Gasteiger partial charge in [-0.05, 0) is 18.8 Å². The molecule has 1 heterocycles. The maximum Gasteiger partial charge on any atom is 0.211 e. The third-order valence-electron chi connectivity index (χ3n) is 3.18. The molecule has 1 aliphatic heterocycles. The van der Waals surface area contributed by atoms with Gasteiger partial charge in [-0.2, -0.15) is 0 Å². The fourth-order valence-corrected chi connectivity index (χ4v) is 2.84. The van der Waals surface area contributed by atoms with Crippen molar-refractivity contribution in [3.05, 3.63) is 0 Å². The molecule has 0 saturated carbocycles. The Balaban J connectivity index is 2.41. The van der Waals surface area contributed by atoms with E-state index in [1.807, 2.05) is 13.8 Å². The average Bonchev–Trinajstić information content (AvgIpc) is 2.17. The Morgan fingerprint density at radius 3 is 2.19 bits per heavy atom. The van der Waals surface area contributed by atoms with Gasteiger partial charge in [0.15, 0.2) is 0 Å². The van der Waals surface area contributed by atoms with E-state index in [2.05, 4.69) is 0 Å². The fourth-order valence-electron chi connectivity index (χ4n) is 1.97. The lowest BCUT2D eigenvalue weighted by molar-refractivity contribution is -0.123. The zero-order valence-corrected chi connectivity index (χ0v) is 11.1. The van der Waals surface area contributed by atoms with Crippen LogP contribution in [0.2, 0.25) is 0 Å². The molecular formula is C11H21NO3S. The van der Waals surface area contributed by atoms with Gasteiger partial charge in [-0.25, -0.2) is 12.7 Å². The quantitative estimate of drug-likeness (QED) is 0.752. The molecular weight excluding hydrogens is 226 g/mol. The number of hydrogen-bond acceptors (Lipinski definition) is 3. The van der Waals surface area contributed by atoms with Crippen molar-refractivity contribution < 1.29 is 13.2 Å². The summed E-state index contributed by atoms with van der Waals surface area (Å²) in [5, 5.41) is 0. The molecule has 5 heteroatoms. The highest BCUT2D eigenvalue weighted by atomic mass is 32.2. The number of sulfonamides is 1. The molecule has 1 rings (SSSR count). The van der Waals surface area contributed by atoms with Crippen LogP contribution in [0, 0.1) is 11.8 Å². The van der Waals surface area contributed by atoms with Crippen LogP contribution in [0.15, 0.2) is 0 Å². The molecule has 0 bridgehead atoms. The SMILES string of the molecule is CC(C)C(=O)CC1CCN(S(C)(=O)=O)CC1. The second-order valence-electron chi connectivity index (χ2n) is 4.93. The van der Waals surface area contributed by atoms with Gasteiger partial charge in [0.25, 0.3) is 0 Å². The largest absolute Gasteiger partial charge is 0.299 e. The first-order chi connectivity index (χ1) is 7.30. The van der Waals surface area contributed by atoms with Gasteiger partial charge in [0, 0.05) is 25.4 Å². The summed E-state index contributed by atoms with van der Waals surface area (Å²) in [7, 11) is -3.05. The standard InChI is InChI=1S/C11H21NO3S/c1-9(2)11(13)8-10-4-6-12(7-5-10)16(3,14)15/h9-10H,4-8H2,1-3H3. The van der Waals surface area contributed by atoms with Crippen molar-refractivity contribution >= 4 is 15.8 Å². The average molecular weight is 247 g/mol. The summed E-state index contributed by atoms with van der Waals surface area (Å²) < 4.78 is 24.1. The molecule has 0 amide bonds. The second kappa shape index (κ2) is 5.27. The van der Waals surface area contributed by atoms with Crippen molar-refractivity contribution in [2.24, 2.45) is 11.8 Å². The summed E-state index contributed by atoms with van der Waals surface area (Å²) in [5.74, 6) is 0.749. The molecule has 0 aromatic heterocycles. The van der Waals surface area contributed by atoms with E-state index in [4.69, 9.17) is 0 Å². The second-order valence-corrected chi connectivity index (χ2v) is 6.91. The van der Waals surface area contributed by atoms with E-state index in [1.54, 1.807) is 0 Å². The van der Waals surface area contributed by atoms with Gasteiger partial charge in [0.2, 0.25) is 10.0 Å². The van der Waals surface area contributed by atoms with E-state index in [0.717, 1.165) is 12.8 Å². The highest BCUT2D eigenvalue weighted by Gasteiger charge is 2.26. The van der Waals surface area contributed by atoms with Crippen LogP contribution < -0.4 is 0 Å². The lowest BCUT2D eigenvalue weighted by Gasteiger charge is -2.30. The molecule has 0 atom stereocenters. The summed E-state index contributed by atoms with van der Waals surface area (Å²) in [6, 6.07) is 0. The molecule has 1 fully saturated rings. The summed E-state index contributed by atoms with van der Waals surface area (Å²) in [6.45, 7) is 4.95. The van der Waals surface area contributed by atoms with Crippen LogP contribution in [0.25, 0.3) is 0 Å². The summed E-state index contributed by atoms with van der Waals surface area (Å²) in [5.41, 5.74) is 0. The summed E-state index contributed by atoms with van der Waals surface area (Å²) in [6.07, 6.45) is 3.47. The van der Waals surface area contributed by atoms with Crippen molar-refractivity contribution in [1.82, 2.24) is 4.31 Å². The zero-order chi connectivity index (χ0) is 12.3. The van der Waals surface area contributed by atoms with Gasteiger partial charge >= 0.3 is 0 Å². The Morgan fingerprint density at radius 1 is 1.31 bits per heavy atom. The van der Waals surface area contributed by atoms with Crippen molar-refractivity contribution in [2.75, 3.05) is 19.3 Å².